The second-order valence-electron chi connectivity index (χ2n) is 4.62. The van der Waals surface area contributed by atoms with Crippen LogP contribution >= 0.6 is 15.9 Å². The van der Waals surface area contributed by atoms with E-state index in [1.165, 1.54) is 16.7 Å². The Bertz CT molecular complexity index is 548. The van der Waals surface area contributed by atoms with Crippen LogP contribution in [0.15, 0.2) is 35.1 Å². The highest BCUT2D eigenvalue weighted by Gasteiger charge is 2.17. The molecule has 1 heterocycles. The van der Waals surface area contributed by atoms with Gasteiger partial charge in [-0.25, -0.2) is 0 Å². The third kappa shape index (κ3) is 3.25. The maximum absolute atomic E-state index is 4.38. The second-order valence-corrected chi connectivity index (χ2v) is 5.54. The number of aromatic nitrogens is 2. The highest BCUT2D eigenvalue weighted by molar-refractivity contribution is 9.10. The predicted molar refractivity (Wildman–Crippen MR) is 82.3 cm³/mol. The van der Waals surface area contributed by atoms with E-state index in [2.05, 4.69) is 71.5 Å². The van der Waals surface area contributed by atoms with Crippen molar-refractivity contribution in [2.75, 3.05) is 6.54 Å². The molecule has 0 saturated carbocycles. The molecule has 1 aromatic carbocycles. The van der Waals surface area contributed by atoms with Gasteiger partial charge in [-0.05, 0) is 43.7 Å². The van der Waals surface area contributed by atoms with Gasteiger partial charge in [0.05, 0.1) is 12.2 Å². The lowest BCUT2D eigenvalue weighted by molar-refractivity contribution is 0.622. The molecule has 4 heteroatoms. The van der Waals surface area contributed by atoms with Crippen LogP contribution in [0.25, 0.3) is 0 Å². The van der Waals surface area contributed by atoms with Crippen LogP contribution < -0.4 is 5.32 Å². The summed E-state index contributed by atoms with van der Waals surface area (Å²) in [5, 5.41) is 7.93. The maximum Gasteiger partial charge on any atom is 0.0610 e. The van der Waals surface area contributed by atoms with E-state index in [9.17, 15) is 0 Å². The molecule has 1 atom stereocenters. The molecule has 2 aromatic rings. The van der Waals surface area contributed by atoms with Crippen LogP contribution in [0.5, 0.6) is 0 Å². The number of nitrogens with one attached hydrogen (secondary N) is 1. The van der Waals surface area contributed by atoms with Gasteiger partial charge in [0.15, 0.2) is 0 Å². The van der Waals surface area contributed by atoms with Crippen molar-refractivity contribution < 1.29 is 0 Å². The van der Waals surface area contributed by atoms with Crippen molar-refractivity contribution in [2.45, 2.75) is 33.4 Å². The van der Waals surface area contributed by atoms with Crippen LogP contribution in [0.3, 0.4) is 0 Å². The Hall–Kier alpha value is -1.13. The molecule has 0 radical (unpaired) electrons. The number of hydrogen-bond acceptors (Lipinski definition) is 2. The van der Waals surface area contributed by atoms with Gasteiger partial charge in [-0.1, -0.05) is 28.9 Å². The van der Waals surface area contributed by atoms with Gasteiger partial charge in [-0.3, -0.25) is 4.68 Å². The molecule has 19 heavy (non-hydrogen) atoms. The minimum absolute atomic E-state index is 0.197. The predicted octanol–water partition coefficient (Wildman–Crippen LogP) is 3.67. The zero-order valence-electron chi connectivity index (χ0n) is 11.7. The molecule has 0 fully saturated rings. The molecule has 0 aliphatic heterocycles. The van der Waals surface area contributed by atoms with Crippen LogP contribution in [0.1, 0.15) is 36.6 Å². The van der Waals surface area contributed by atoms with Crippen molar-refractivity contribution in [1.82, 2.24) is 15.1 Å². The fourth-order valence-corrected chi connectivity index (χ4v) is 2.61. The van der Waals surface area contributed by atoms with Crippen molar-refractivity contribution >= 4 is 15.9 Å². The van der Waals surface area contributed by atoms with Gasteiger partial charge >= 0.3 is 0 Å². The third-order valence-corrected chi connectivity index (χ3v) is 3.76. The van der Waals surface area contributed by atoms with Crippen molar-refractivity contribution in [3.8, 4) is 0 Å². The number of rotatable bonds is 5. The number of benzene rings is 1. The van der Waals surface area contributed by atoms with Crippen LogP contribution in [0.4, 0.5) is 0 Å². The molecule has 3 nitrogen and oxygen atoms in total. The van der Waals surface area contributed by atoms with E-state index in [1.54, 1.807) is 0 Å². The Morgan fingerprint density at radius 2 is 2.16 bits per heavy atom. The topological polar surface area (TPSA) is 29.9 Å². The summed E-state index contributed by atoms with van der Waals surface area (Å²) in [4.78, 5) is 0. The Labute approximate surface area is 123 Å². The number of nitrogens with zero attached hydrogens (tertiary/aromatic N) is 2. The number of halogens is 1. The smallest absolute Gasteiger partial charge is 0.0610 e. The van der Waals surface area contributed by atoms with Crippen LogP contribution in [0.2, 0.25) is 0 Å². The Morgan fingerprint density at radius 1 is 1.37 bits per heavy atom. The minimum Gasteiger partial charge on any atom is -0.306 e. The molecule has 1 aromatic heterocycles. The first-order chi connectivity index (χ1) is 9.15. The summed E-state index contributed by atoms with van der Waals surface area (Å²) in [6.07, 6.45) is 4.07. The van der Waals surface area contributed by atoms with Crippen molar-refractivity contribution in [2.24, 2.45) is 0 Å². The normalized spacial score (nSPS) is 12.6. The largest absolute Gasteiger partial charge is 0.306 e. The number of hydrogen-bond donors (Lipinski definition) is 1. The van der Waals surface area contributed by atoms with Crippen LogP contribution in [0, 0.1) is 6.92 Å². The molecular weight excluding hydrogens is 302 g/mol. The SMILES string of the molecule is CCNC(c1cnn(CC)c1)c1cc(Br)ccc1C. The molecule has 1 unspecified atom stereocenters. The molecule has 0 bridgehead atoms. The molecule has 1 N–H and O–H groups in total. The molecule has 0 amide bonds. The highest BCUT2D eigenvalue weighted by Crippen LogP contribution is 2.27. The summed E-state index contributed by atoms with van der Waals surface area (Å²) < 4.78 is 3.08. The van der Waals surface area contributed by atoms with Gasteiger partial charge in [0.25, 0.3) is 0 Å². The van der Waals surface area contributed by atoms with Gasteiger partial charge in [0, 0.05) is 22.8 Å². The molecule has 2 rings (SSSR count). The lowest BCUT2D eigenvalue weighted by Gasteiger charge is -2.19. The van der Waals surface area contributed by atoms with Gasteiger partial charge in [-0.15, -0.1) is 0 Å². The zero-order valence-corrected chi connectivity index (χ0v) is 13.2. The van der Waals surface area contributed by atoms with Crippen LogP contribution in [-0.4, -0.2) is 16.3 Å². The molecule has 0 saturated heterocycles. The van der Waals surface area contributed by atoms with Gasteiger partial charge in [0.1, 0.15) is 0 Å². The Kier molecular flexibility index (Phi) is 4.77. The fraction of sp³-hybridized carbons (Fsp3) is 0.400. The van der Waals surface area contributed by atoms with Crippen LogP contribution in [-0.2, 0) is 6.54 Å². The summed E-state index contributed by atoms with van der Waals surface area (Å²) in [5.41, 5.74) is 3.80. The average Bonchev–Trinajstić information content (AvgIpc) is 2.88. The molecule has 0 aliphatic carbocycles. The lowest BCUT2D eigenvalue weighted by Crippen LogP contribution is -2.22. The first kappa shape index (κ1) is 14.3. The van der Waals surface area contributed by atoms with Gasteiger partial charge in [-0.2, -0.15) is 5.10 Å². The molecule has 0 aliphatic rings. The van der Waals surface area contributed by atoms with Gasteiger partial charge in [0.2, 0.25) is 0 Å². The Morgan fingerprint density at radius 3 is 2.79 bits per heavy atom. The van der Waals surface area contributed by atoms with Crippen molar-refractivity contribution in [3.63, 3.8) is 0 Å². The highest BCUT2D eigenvalue weighted by atomic mass is 79.9. The quantitative estimate of drug-likeness (QED) is 0.910. The fourth-order valence-electron chi connectivity index (χ4n) is 2.24. The van der Waals surface area contributed by atoms with Gasteiger partial charge < -0.3 is 5.32 Å². The lowest BCUT2D eigenvalue weighted by atomic mass is 9.97. The van der Waals surface area contributed by atoms with E-state index in [1.807, 2.05) is 10.9 Å². The summed E-state index contributed by atoms with van der Waals surface area (Å²) in [7, 11) is 0. The summed E-state index contributed by atoms with van der Waals surface area (Å²) in [6.45, 7) is 8.20. The second kappa shape index (κ2) is 6.35. The zero-order chi connectivity index (χ0) is 13.8. The average molecular weight is 322 g/mol. The molecular formula is C15H20BrN3. The Balaban J connectivity index is 2.41. The number of aryl methyl sites for hydroxylation is 2. The summed E-state index contributed by atoms with van der Waals surface area (Å²) >= 11 is 3.56. The van der Waals surface area contributed by atoms with Crippen molar-refractivity contribution in [1.29, 1.82) is 0 Å². The third-order valence-electron chi connectivity index (χ3n) is 3.27. The summed E-state index contributed by atoms with van der Waals surface area (Å²) in [6, 6.07) is 6.61. The van der Waals surface area contributed by atoms with E-state index in [0.29, 0.717) is 0 Å². The van der Waals surface area contributed by atoms with E-state index in [-0.39, 0.29) is 6.04 Å². The van der Waals surface area contributed by atoms with E-state index in [4.69, 9.17) is 0 Å². The standard InChI is InChI=1S/C15H20BrN3/c1-4-17-15(12-9-18-19(5-2)10-12)14-8-13(16)7-6-11(14)3/h6-10,15,17H,4-5H2,1-3H3. The van der Waals surface area contributed by atoms with Crippen molar-refractivity contribution in [3.05, 3.63) is 51.8 Å². The summed E-state index contributed by atoms with van der Waals surface area (Å²) in [5.74, 6) is 0. The molecule has 102 valence electrons. The van der Waals surface area contributed by atoms with E-state index in [0.717, 1.165) is 17.6 Å². The first-order valence-electron chi connectivity index (χ1n) is 6.67. The first-order valence-corrected chi connectivity index (χ1v) is 7.46. The van der Waals surface area contributed by atoms with E-state index >= 15 is 0 Å². The maximum atomic E-state index is 4.38. The minimum atomic E-state index is 0.197. The monoisotopic (exact) mass is 321 g/mol. The van der Waals surface area contributed by atoms with E-state index < -0.39 is 0 Å². The molecule has 0 spiro atoms.